The van der Waals surface area contributed by atoms with E-state index in [1.165, 1.54) is 0 Å². The first kappa shape index (κ1) is 22.0. The second kappa shape index (κ2) is 8.02. The first-order chi connectivity index (χ1) is 14.6. The zero-order chi connectivity index (χ0) is 22.5. The molecule has 4 atom stereocenters. The van der Waals surface area contributed by atoms with Crippen molar-refractivity contribution in [3.63, 3.8) is 0 Å². The molecule has 1 aromatic rings. The van der Waals surface area contributed by atoms with Crippen molar-refractivity contribution in [1.29, 1.82) is 0 Å². The normalized spacial score (nSPS) is 29.3. The summed E-state index contributed by atoms with van der Waals surface area (Å²) in [6.45, 7) is 4.72. The molecule has 4 rings (SSSR count). The van der Waals surface area contributed by atoms with Gasteiger partial charge in [-0.1, -0.05) is 13.8 Å². The first-order valence-corrected chi connectivity index (χ1v) is 11.0. The number of nitrogens with one attached hydrogen (secondary N) is 1. The van der Waals surface area contributed by atoms with E-state index in [4.69, 9.17) is 0 Å². The van der Waals surface area contributed by atoms with Crippen LogP contribution in [0.3, 0.4) is 0 Å². The maximum absolute atomic E-state index is 13.8. The minimum absolute atomic E-state index is 0.0431. The van der Waals surface area contributed by atoms with Crippen molar-refractivity contribution in [2.24, 2.45) is 11.8 Å². The zero-order valence-electron chi connectivity index (χ0n) is 18.2. The third-order valence-electron chi connectivity index (χ3n) is 6.86. The number of rotatable bonds is 3. The van der Waals surface area contributed by atoms with E-state index < -0.39 is 18.1 Å². The number of carbonyl (C=O) groups excluding carboxylic acids is 2. The van der Waals surface area contributed by atoms with Crippen molar-refractivity contribution in [1.82, 2.24) is 19.6 Å². The molecule has 0 spiro atoms. The molecule has 2 saturated heterocycles. The Bertz CT molecular complexity index is 853. The van der Waals surface area contributed by atoms with Gasteiger partial charge in [0.15, 0.2) is 6.04 Å². The van der Waals surface area contributed by atoms with Crippen LogP contribution in [0.25, 0.3) is 0 Å². The molecule has 31 heavy (non-hydrogen) atoms. The van der Waals surface area contributed by atoms with Crippen LogP contribution >= 0.6 is 0 Å². The molecule has 0 bridgehead atoms. The highest BCUT2D eigenvalue weighted by molar-refractivity contribution is 5.89. The first-order valence-electron chi connectivity index (χ1n) is 11.0. The molecule has 1 aromatic heterocycles. The van der Waals surface area contributed by atoms with Gasteiger partial charge in [-0.3, -0.25) is 9.59 Å². The molecule has 7 nitrogen and oxygen atoms in total. The fourth-order valence-corrected chi connectivity index (χ4v) is 4.99. The predicted octanol–water partition coefficient (Wildman–Crippen LogP) is 3.36. The van der Waals surface area contributed by atoms with Crippen LogP contribution in [0.2, 0.25) is 0 Å². The number of hydrogen-bond acceptors (Lipinski definition) is 4. The fraction of sp³-hybridized carbons (Fsp3) is 0.762. The summed E-state index contributed by atoms with van der Waals surface area (Å²) in [5.41, 5.74) is 0.492. The van der Waals surface area contributed by atoms with E-state index in [9.17, 15) is 22.8 Å². The highest BCUT2D eigenvalue weighted by atomic mass is 19.4. The van der Waals surface area contributed by atoms with Crippen LogP contribution in [-0.2, 0) is 9.59 Å². The Balaban J connectivity index is 1.63. The van der Waals surface area contributed by atoms with E-state index >= 15 is 0 Å². The maximum atomic E-state index is 13.8. The van der Waals surface area contributed by atoms with Gasteiger partial charge in [-0.15, -0.1) is 0 Å². The molecular weight excluding hydrogens is 411 g/mol. The van der Waals surface area contributed by atoms with Crippen LogP contribution in [0, 0.1) is 11.8 Å². The summed E-state index contributed by atoms with van der Waals surface area (Å²) in [6, 6.07) is -0.671. The number of piperidine rings is 1. The largest absolute Gasteiger partial charge is 0.410 e. The third-order valence-corrected chi connectivity index (χ3v) is 6.86. The fourth-order valence-electron chi connectivity index (χ4n) is 4.99. The summed E-state index contributed by atoms with van der Waals surface area (Å²) in [5, 5.41) is 7.58. The number of amides is 2. The second-order valence-corrected chi connectivity index (χ2v) is 9.41. The van der Waals surface area contributed by atoms with Crippen LogP contribution < -0.4 is 5.32 Å². The van der Waals surface area contributed by atoms with Gasteiger partial charge < -0.3 is 15.1 Å². The number of halogens is 3. The zero-order valence-corrected chi connectivity index (χ0v) is 18.2. The summed E-state index contributed by atoms with van der Waals surface area (Å²) >= 11 is 0. The van der Waals surface area contributed by atoms with Crippen molar-refractivity contribution in [2.75, 3.05) is 25.5 Å². The molecule has 0 radical (unpaired) electrons. The molecule has 3 aliphatic heterocycles. The quantitative estimate of drug-likeness (QED) is 0.781. The summed E-state index contributed by atoms with van der Waals surface area (Å²) in [4.78, 5) is 28.4. The molecule has 0 unspecified atom stereocenters. The van der Waals surface area contributed by atoms with E-state index in [0.717, 1.165) is 17.5 Å². The van der Waals surface area contributed by atoms with Crippen molar-refractivity contribution >= 4 is 17.6 Å². The Kier molecular flexibility index (Phi) is 5.68. The number of fused-ring (bicyclic) bond motifs is 1. The van der Waals surface area contributed by atoms with Gasteiger partial charge in [0, 0.05) is 38.7 Å². The third kappa shape index (κ3) is 4.13. The highest BCUT2D eigenvalue weighted by Gasteiger charge is 2.47. The molecule has 0 saturated carbocycles. The van der Waals surface area contributed by atoms with Crippen molar-refractivity contribution in [2.45, 2.75) is 70.3 Å². The Labute approximate surface area is 179 Å². The lowest BCUT2D eigenvalue weighted by molar-refractivity contribution is -0.174. The molecule has 2 fully saturated rings. The van der Waals surface area contributed by atoms with Gasteiger partial charge in [0.2, 0.25) is 11.8 Å². The SMILES string of the molecule is CC(C)[C@@H]1C[C@H](C(F)(F)F)n2nc([C@@H]3CCCCN3C(=O)[C@@H]3CC(=O)N(C)C3)cc2N1. The average Bonchev–Trinajstić information content (AvgIpc) is 3.29. The number of anilines is 1. The number of carbonyl (C=O) groups is 2. The smallest absolute Gasteiger partial charge is 0.367 e. The molecule has 0 aliphatic carbocycles. The summed E-state index contributed by atoms with van der Waals surface area (Å²) < 4.78 is 42.5. The van der Waals surface area contributed by atoms with Gasteiger partial charge in [0.1, 0.15) is 5.82 Å². The van der Waals surface area contributed by atoms with Gasteiger partial charge in [-0.05, 0) is 31.6 Å². The molecule has 0 aromatic carbocycles. The van der Waals surface area contributed by atoms with Gasteiger partial charge in [-0.25, -0.2) is 4.68 Å². The lowest BCUT2D eigenvalue weighted by Gasteiger charge is -2.36. The van der Waals surface area contributed by atoms with Crippen molar-refractivity contribution in [3.05, 3.63) is 11.8 Å². The van der Waals surface area contributed by atoms with E-state index in [-0.39, 0.29) is 42.7 Å². The van der Waals surface area contributed by atoms with Crippen molar-refractivity contribution in [3.8, 4) is 0 Å². The van der Waals surface area contributed by atoms with Gasteiger partial charge in [0.05, 0.1) is 17.7 Å². The van der Waals surface area contributed by atoms with Crippen LogP contribution in [0.15, 0.2) is 6.07 Å². The lowest BCUT2D eigenvalue weighted by atomic mass is 9.94. The minimum Gasteiger partial charge on any atom is -0.367 e. The second-order valence-electron chi connectivity index (χ2n) is 9.41. The summed E-state index contributed by atoms with van der Waals surface area (Å²) in [6.07, 6.45) is -1.91. The Morgan fingerprint density at radius 2 is 2.03 bits per heavy atom. The number of likely N-dealkylation sites (tertiary alicyclic amines) is 2. The van der Waals surface area contributed by atoms with E-state index in [2.05, 4.69) is 10.4 Å². The van der Waals surface area contributed by atoms with Crippen molar-refractivity contribution < 1.29 is 22.8 Å². The van der Waals surface area contributed by atoms with E-state index in [1.807, 2.05) is 13.8 Å². The van der Waals surface area contributed by atoms with Gasteiger partial charge >= 0.3 is 6.18 Å². The van der Waals surface area contributed by atoms with Gasteiger partial charge in [-0.2, -0.15) is 18.3 Å². The number of aromatic nitrogens is 2. The Hall–Kier alpha value is -2.26. The van der Waals surface area contributed by atoms with Crippen LogP contribution in [-0.4, -0.2) is 63.7 Å². The molecular formula is C21H30F3N5O2. The van der Waals surface area contributed by atoms with Crippen LogP contribution in [0.4, 0.5) is 19.0 Å². The molecule has 172 valence electrons. The lowest BCUT2D eigenvalue weighted by Crippen LogP contribution is -2.43. The maximum Gasteiger partial charge on any atom is 0.410 e. The molecule has 3 aliphatic rings. The number of nitrogens with zero attached hydrogens (tertiary/aromatic N) is 4. The molecule has 10 heteroatoms. The van der Waals surface area contributed by atoms with Crippen LogP contribution in [0.1, 0.15) is 63.7 Å². The summed E-state index contributed by atoms with van der Waals surface area (Å²) in [7, 11) is 1.68. The Morgan fingerprint density at radius 1 is 1.29 bits per heavy atom. The van der Waals surface area contributed by atoms with Crippen LogP contribution in [0.5, 0.6) is 0 Å². The van der Waals surface area contributed by atoms with E-state index in [1.54, 1.807) is 22.9 Å². The predicted molar refractivity (Wildman–Crippen MR) is 108 cm³/mol. The van der Waals surface area contributed by atoms with Gasteiger partial charge in [0.25, 0.3) is 0 Å². The Morgan fingerprint density at radius 3 is 2.65 bits per heavy atom. The summed E-state index contributed by atoms with van der Waals surface area (Å²) in [5.74, 6) is -0.158. The number of alkyl halides is 3. The highest BCUT2D eigenvalue weighted by Crippen LogP contribution is 2.42. The number of hydrogen-bond donors (Lipinski definition) is 1. The monoisotopic (exact) mass is 441 g/mol. The average molecular weight is 441 g/mol. The molecule has 1 N–H and O–H groups in total. The standard InChI is InChI=1S/C21H30F3N5O2/c1-12(2)14-9-17(21(22,23)24)29-18(25-14)10-15(26-29)16-6-4-5-7-28(16)20(31)13-8-19(30)27(3)11-13/h10,12-14,16-17,25H,4-9,11H2,1-3H3/t13-,14+,16+,17-/m1/s1. The minimum atomic E-state index is -4.40. The van der Waals surface area contributed by atoms with E-state index in [0.29, 0.717) is 31.0 Å². The topological polar surface area (TPSA) is 70.5 Å². The molecule has 2 amide bonds. The molecule has 4 heterocycles.